The molecule has 0 spiro atoms. The molecule has 2 N–H and O–H groups in total. The van der Waals surface area contributed by atoms with Crippen LogP contribution < -0.4 is 0 Å². The lowest BCUT2D eigenvalue weighted by Crippen LogP contribution is -2.52. The van der Waals surface area contributed by atoms with Gasteiger partial charge in [-0.3, -0.25) is 9.69 Å². The van der Waals surface area contributed by atoms with Crippen molar-refractivity contribution in [2.45, 2.75) is 39.3 Å². The topological polar surface area (TPSA) is 117 Å². The molecule has 0 aliphatic carbocycles. The van der Waals surface area contributed by atoms with Crippen LogP contribution in [0.4, 0.5) is 0 Å². The molecule has 1 unspecified atom stereocenters. The molecule has 184 valence electrons. The predicted octanol–water partition coefficient (Wildman–Crippen LogP) is 1.56. The second-order valence-electron chi connectivity index (χ2n) is 9.37. The molecule has 0 radical (unpaired) electrons. The predicted molar refractivity (Wildman–Crippen MR) is 124 cm³/mol. The number of piperazine rings is 1. The van der Waals surface area contributed by atoms with E-state index >= 15 is 0 Å². The van der Waals surface area contributed by atoms with Crippen LogP contribution in [0.1, 0.15) is 66.3 Å². The Bertz CT molecular complexity index is 1220. The number of amides is 1. The Morgan fingerprint density at radius 1 is 0.800 bits per heavy atom. The van der Waals surface area contributed by atoms with E-state index in [9.17, 15) is 24.6 Å². The van der Waals surface area contributed by atoms with Gasteiger partial charge < -0.3 is 24.6 Å². The van der Waals surface area contributed by atoms with Crippen LogP contribution in [-0.4, -0.2) is 70.6 Å². The minimum atomic E-state index is -0.879. The second-order valence-corrected chi connectivity index (χ2v) is 9.37. The van der Waals surface area contributed by atoms with Gasteiger partial charge in [0.05, 0.1) is 36.4 Å². The van der Waals surface area contributed by atoms with Gasteiger partial charge in [0, 0.05) is 30.8 Å². The number of nitrogens with zero attached hydrogens (tertiary/aromatic N) is 2. The van der Waals surface area contributed by atoms with Gasteiger partial charge in [0.15, 0.2) is 0 Å². The molecule has 2 atom stereocenters. The molecule has 1 saturated heterocycles. The summed E-state index contributed by atoms with van der Waals surface area (Å²) in [6.07, 6.45) is -1.68. The maximum Gasteiger partial charge on any atom is 0.338 e. The Morgan fingerprint density at radius 2 is 1.31 bits per heavy atom. The van der Waals surface area contributed by atoms with Crippen molar-refractivity contribution in [1.29, 1.82) is 0 Å². The van der Waals surface area contributed by atoms with Crippen LogP contribution in [0.5, 0.6) is 0 Å². The van der Waals surface area contributed by atoms with Gasteiger partial charge in [-0.1, -0.05) is 12.1 Å². The molecule has 3 heterocycles. The molecule has 2 aromatic carbocycles. The standard InChI is InChI=1S/C26H28N2O7/c1-14-16(3-5-18-20(14)12-34-25(18)32)22(29)9-27-7-8-28(24(31)11-27)10-23(30)17-4-6-19-21(15(17)2)13-35-26(19)33/h3-6,22-23,29-30H,7-13H2,1-2H3/t22-,23?/m1/s1. The second kappa shape index (κ2) is 9.07. The first kappa shape index (κ1) is 23.5. The lowest BCUT2D eigenvalue weighted by Gasteiger charge is -2.36. The highest BCUT2D eigenvalue weighted by molar-refractivity contribution is 5.94. The molecular weight excluding hydrogens is 452 g/mol. The van der Waals surface area contributed by atoms with Crippen molar-refractivity contribution in [2.75, 3.05) is 32.7 Å². The highest BCUT2D eigenvalue weighted by Gasteiger charge is 2.31. The number of carbonyl (C=O) groups is 3. The van der Waals surface area contributed by atoms with Crippen LogP contribution >= 0.6 is 0 Å². The van der Waals surface area contributed by atoms with Crippen molar-refractivity contribution >= 4 is 17.8 Å². The minimum absolute atomic E-state index is 0.121. The van der Waals surface area contributed by atoms with E-state index in [4.69, 9.17) is 9.47 Å². The maximum atomic E-state index is 12.8. The van der Waals surface area contributed by atoms with E-state index in [0.29, 0.717) is 29.8 Å². The van der Waals surface area contributed by atoms with Crippen LogP contribution in [0.3, 0.4) is 0 Å². The van der Waals surface area contributed by atoms with Crippen molar-refractivity contribution < 1.29 is 34.1 Å². The quantitative estimate of drug-likeness (QED) is 0.599. The number of rotatable bonds is 6. The zero-order valence-corrected chi connectivity index (χ0v) is 19.7. The Morgan fingerprint density at radius 3 is 1.83 bits per heavy atom. The van der Waals surface area contributed by atoms with Crippen molar-refractivity contribution in [3.63, 3.8) is 0 Å². The Kier molecular flexibility index (Phi) is 6.08. The van der Waals surface area contributed by atoms with Gasteiger partial charge in [0.1, 0.15) is 13.2 Å². The number of β-amino-alcohol motifs (C(OH)–C–C–N with tert-alkyl or cyclic N) is 2. The van der Waals surface area contributed by atoms with Gasteiger partial charge in [-0.05, 0) is 48.2 Å². The van der Waals surface area contributed by atoms with Gasteiger partial charge in [-0.15, -0.1) is 0 Å². The number of hydrogen-bond acceptors (Lipinski definition) is 8. The summed E-state index contributed by atoms with van der Waals surface area (Å²) in [5.74, 6) is -0.816. The summed E-state index contributed by atoms with van der Waals surface area (Å²) in [7, 11) is 0. The highest BCUT2D eigenvalue weighted by Crippen LogP contribution is 2.31. The number of hydrogen-bond donors (Lipinski definition) is 2. The fraction of sp³-hybridized carbons (Fsp3) is 0.423. The molecular formula is C26H28N2O7. The largest absolute Gasteiger partial charge is 0.457 e. The van der Waals surface area contributed by atoms with Gasteiger partial charge in [-0.2, -0.15) is 0 Å². The van der Waals surface area contributed by atoms with Crippen molar-refractivity contribution in [1.82, 2.24) is 9.80 Å². The van der Waals surface area contributed by atoms with Crippen LogP contribution in [0.2, 0.25) is 0 Å². The molecule has 1 fully saturated rings. The normalized spacial score (nSPS) is 19.3. The van der Waals surface area contributed by atoms with Crippen molar-refractivity contribution in [3.8, 4) is 0 Å². The fourth-order valence-corrected chi connectivity index (χ4v) is 5.21. The lowest BCUT2D eigenvalue weighted by molar-refractivity contribution is -0.138. The summed E-state index contributed by atoms with van der Waals surface area (Å²) in [5, 5.41) is 21.7. The van der Waals surface area contributed by atoms with Gasteiger partial charge >= 0.3 is 11.9 Å². The maximum absolute atomic E-state index is 12.8. The monoisotopic (exact) mass is 480 g/mol. The molecule has 3 aliphatic rings. The molecule has 35 heavy (non-hydrogen) atoms. The average Bonchev–Trinajstić information content (AvgIpc) is 3.39. The number of cyclic esters (lactones) is 2. The summed E-state index contributed by atoms with van der Waals surface area (Å²) in [6, 6.07) is 6.82. The molecule has 0 bridgehead atoms. The number of esters is 2. The van der Waals surface area contributed by atoms with Crippen molar-refractivity contribution in [2.24, 2.45) is 0 Å². The van der Waals surface area contributed by atoms with Crippen molar-refractivity contribution in [3.05, 3.63) is 68.8 Å². The first-order chi connectivity index (χ1) is 16.7. The van der Waals surface area contributed by atoms with E-state index in [2.05, 4.69) is 0 Å². The van der Waals surface area contributed by atoms with E-state index in [1.165, 1.54) is 0 Å². The molecule has 1 amide bonds. The van der Waals surface area contributed by atoms with E-state index in [0.717, 1.165) is 27.8 Å². The number of fused-ring (bicyclic) bond motifs is 2. The number of benzene rings is 2. The zero-order chi connectivity index (χ0) is 24.9. The van der Waals surface area contributed by atoms with E-state index in [1.54, 1.807) is 29.2 Å². The van der Waals surface area contributed by atoms with E-state index < -0.39 is 12.2 Å². The molecule has 0 aromatic heterocycles. The van der Waals surface area contributed by atoms with Crippen LogP contribution in [0.25, 0.3) is 0 Å². The Hall–Kier alpha value is -3.27. The lowest BCUT2D eigenvalue weighted by atomic mass is 9.95. The SMILES string of the molecule is Cc1c(C(O)CN2CCN(C[C@@H](O)c3ccc4c(c3C)COC4=O)CC2=O)ccc2c1COC2=O. The molecule has 9 nitrogen and oxygen atoms in total. The molecule has 0 saturated carbocycles. The average molecular weight is 481 g/mol. The number of carbonyl (C=O) groups excluding carboxylic acids is 3. The molecule has 9 heteroatoms. The Labute approximate surface area is 202 Å². The summed E-state index contributed by atoms with van der Waals surface area (Å²) >= 11 is 0. The molecule has 3 aliphatic heterocycles. The third-order valence-electron chi connectivity index (χ3n) is 7.36. The first-order valence-corrected chi connectivity index (χ1v) is 11.7. The third-order valence-corrected chi connectivity index (χ3v) is 7.36. The molecule has 5 rings (SSSR count). The molecule has 2 aromatic rings. The number of aliphatic hydroxyl groups is 2. The number of aliphatic hydroxyl groups excluding tert-OH is 2. The van der Waals surface area contributed by atoms with Crippen LogP contribution in [0.15, 0.2) is 24.3 Å². The third kappa shape index (κ3) is 4.20. The fourth-order valence-electron chi connectivity index (χ4n) is 5.21. The number of ether oxygens (including phenoxy) is 2. The summed E-state index contributed by atoms with van der Waals surface area (Å²) in [6.45, 7) is 5.71. The van der Waals surface area contributed by atoms with E-state index in [-0.39, 0.29) is 50.7 Å². The minimum Gasteiger partial charge on any atom is -0.457 e. The van der Waals surface area contributed by atoms with Crippen LogP contribution in [0, 0.1) is 13.8 Å². The van der Waals surface area contributed by atoms with Crippen LogP contribution in [-0.2, 0) is 27.5 Å². The highest BCUT2D eigenvalue weighted by atomic mass is 16.5. The Balaban J connectivity index is 1.20. The first-order valence-electron chi connectivity index (χ1n) is 11.7. The van der Waals surface area contributed by atoms with E-state index in [1.807, 2.05) is 18.7 Å². The van der Waals surface area contributed by atoms with Gasteiger partial charge in [0.25, 0.3) is 0 Å². The summed E-state index contributed by atoms with van der Waals surface area (Å²) in [5.41, 5.74) is 5.72. The van der Waals surface area contributed by atoms with Gasteiger partial charge in [-0.25, -0.2) is 9.59 Å². The summed E-state index contributed by atoms with van der Waals surface area (Å²) < 4.78 is 10.2. The smallest absolute Gasteiger partial charge is 0.338 e. The van der Waals surface area contributed by atoms with Gasteiger partial charge in [0.2, 0.25) is 5.91 Å². The summed E-state index contributed by atoms with van der Waals surface area (Å²) in [4.78, 5) is 39.9. The zero-order valence-electron chi connectivity index (χ0n) is 19.7.